The van der Waals surface area contributed by atoms with E-state index in [2.05, 4.69) is 39.7 Å². The van der Waals surface area contributed by atoms with Gasteiger partial charge in [-0.05, 0) is 20.3 Å². The van der Waals surface area contributed by atoms with Crippen molar-refractivity contribution in [2.45, 2.75) is 46.2 Å². The van der Waals surface area contributed by atoms with Gasteiger partial charge in [0.15, 0.2) is 11.8 Å². The minimum absolute atomic E-state index is 0.198. The van der Waals surface area contributed by atoms with E-state index in [0.717, 1.165) is 37.0 Å². The normalized spacial score (nSPS) is 13.3. The van der Waals surface area contributed by atoms with Crippen molar-refractivity contribution in [3.05, 3.63) is 11.6 Å². The van der Waals surface area contributed by atoms with E-state index in [0.29, 0.717) is 13.2 Å². The number of rotatable bonds is 8. The van der Waals surface area contributed by atoms with Crippen molar-refractivity contribution in [2.24, 2.45) is 12.0 Å². The molecule has 1 rings (SSSR count). The van der Waals surface area contributed by atoms with Crippen molar-refractivity contribution in [1.29, 1.82) is 0 Å². The quantitative estimate of drug-likeness (QED) is 0.425. The zero-order valence-corrected chi connectivity index (χ0v) is 13.8. The molecular weight excluding hydrogens is 268 g/mol. The van der Waals surface area contributed by atoms with Gasteiger partial charge >= 0.3 is 0 Å². The number of nitrogens with zero attached hydrogens (tertiary/aromatic N) is 4. The van der Waals surface area contributed by atoms with Crippen LogP contribution in [0.1, 0.15) is 38.3 Å². The molecule has 7 nitrogen and oxygen atoms in total. The fraction of sp³-hybridized carbons (Fsp3) is 0.786. The highest BCUT2D eigenvalue weighted by Gasteiger charge is 2.07. The molecule has 120 valence electrons. The topological polar surface area (TPSA) is 76.4 Å². The van der Waals surface area contributed by atoms with Gasteiger partial charge in [-0.2, -0.15) is 0 Å². The summed E-state index contributed by atoms with van der Waals surface area (Å²) >= 11 is 0. The van der Waals surface area contributed by atoms with Gasteiger partial charge in [-0.25, -0.2) is 4.99 Å². The van der Waals surface area contributed by atoms with Gasteiger partial charge in [0, 0.05) is 26.7 Å². The molecule has 1 aromatic heterocycles. The van der Waals surface area contributed by atoms with Crippen LogP contribution in [0.25, 0.3) is 0 Å². The third-order valence-electron chi connectivity index (χ3n) is 3.18. The maximum absolute atomic E-state index is 5.14. The van der Waals surface area contributed by atoms with Gasteiger partial charge in [0.05, 0.1) is 6.61 Å². The van der Waals surface area contributed by atoms with Gasteiger partial charge in [-0.1, -0.05) is 13.3 Å². The fourth-order valence-corrected chi connectivity index (χ4v) is 1.80. The summed E-state index contributed by atoms with van der Waals surface area (Å²) in [4.78, 5) is 4.58. The molecule has 0 aromatic carbocycles. The molecule has 0 radical (unpaired) electrons. The van der Waals surface area contributed by atoms with E-state index < -0.39 is 0 Å². The Morgan fingerprint density at radius 2 is 2.19 bits per heavy atom. The van der Waals surface area contributed by atoms with Crippen LogP contribution in [0.5, 0.6) is 0 Å². The van der Waals surface area contributed by atoms with E-state index in [9.17, 15) is 0 Å². The summed E-state index contributed by atoms with van der Waals surface area (Å²) in [6.45, 7) is 8.20. The molecule has 0 amide bonds. The highest BCUT2D eigenvalue weighted by molar-refractivity contribution is 5.80. The van der Waals surface area contributed by atoms with Crippen LogP contribution in [0.15, 0.2) is 4.99 Å². The first-order chi connectivity index (χ1) is 10.1. The summed E-state index contributed by atoms with van der Waals surface area (Å²) in [6.07, 6.45) is 2.26. The van der Waals surface area contributed by atoms with Crippen molar-refractivity contribution < 1.29 is 4.74 Å². The first kappa shape index (κ1) is 17.4. The number of methoxy groups -OCH3 is 1. The Morgan fingerprint density at radius 3 is 2.76 bits per heavy atom. The number of guanidine groups is 1. The van der Waals surface area contributed by atoms with Gasteiger partial charge in [-0.3, -0.25) is 0 Å². The molecule has 1 atom stereocenters. The Balaban J connectivity index is 2.64. The second kappa shape index (κ2) is 9.33. The molecular formula is C14H28N6O. The molecule has 0 aliphatic heterocycles. The maximum atomic E-state index is 5.14. The Kier molecular flexibility index (Phi) is 7.74. The van der Waals surface area contributed by atoms with Crippen LogP contribution in [0.4, 0.5) is 0 Å². The van der Waals surface area contributed by atoms with Gasteiger partial charge in [0.1, 0.15) is 12.4 Å². The molecule has 0 saturated heterocycles. The monoisotopic (exact) mass is 296 g/mol. The van der Waals surface area contributed by atoms with Crippen LogP contribution in [-0.2, 0) is 18.3 Å². The van der Waals surface area contributed by atoms with Crippen LogP contribution in [0.2, 0.25) is 0 Å². The van der Waals surface area contributed by atoms with Crippen molar-refractivity contribution in [2.75, 3.05) is 20.3 Å². The third kappa shape index (κ3) is 6.12. The summed E-state index contributed by atoms with van der Waals surface area (Å²) in [5.41, 5.74) is 0. The molecule has 1 heterocycles. The van der Waals surface area contributed by atoms with E-state index in [1.165, 1.54) is 0 Å². The molecule has 0 fully saturated rings. The SMILES string of the molecule is CCCCNC(=NCc1nnc(C)n1C)NC(C)COC. The highest BCUT2D eigenvalue weighted by Crippen LogP contribution is 1.99. The standard InChI is InChI=1S/C14H28N6O/c1-6-7-8-15-14(17-11(2)10-21-5)16-9-13-19-18-12(3)20(13)4/h11H,6-10H2,1-5H3,(H2,15,16,17). The number of aliphatic imine (C=N–C) groups is 1. The second-order valence-corrected chi connectivity index (χ2v) is 5.17. The minimum atomic E-state index is 0.198. The van der Waals surface area contributed by atoms with E-state index in [1.807, 2.05) is 18.5 Å². The molecule has 1 aromatic rings. The van der Waals surface area contributed by atoms with Crippen molar-refractivity contribution in [3.63, 3.8) is 0 Å². The van der Waals surface area contributed by atoms with Crippen LogP contribution in [-0.4, -0.2) is 47.0 Å². The summed E-state index contributed by atoms with van der Waals surface area (Å²) in [6, 6.07) is 0.198. The van der Waals surface area contributed by atoms with Crippen LogP contribution in [0.3, 0.4) is 0 Å². The lowest BCUT2D eigenvalue weighted by Gasteiger charge is -2.17. The van der Waals surface area contributed by atoms with Gasteiger partial charge < -0.3 is 19.9 Å². The number of hydrogen-bond acceptors (Lipinski definition) is 4. The largest absolute Gasteiger partial charge is 0.383 e. The second-order valence-electron chi connectivity index (χ2n) is 5.17. The van der Waals surface area contributed by atoms with Crippen molar-refractivity contribution in [3.8, 4) is 0 Å². The predicted octanol–water partition coefficient (Wildman–Crippen LogP) is 0.994. The first-order valence-electron chi connectivity index (χ1n) is 7.47. The third-order valence-corrected chi connectivity index (χ3v) is 3.18. The number of nitrogens with one attached hydrogen (secondary N) is 2. The Bertz CT molecular complexity index is 443. The molecule has 0 aliphatic rings. The lowest BCUT2D eigenvalue weighted by Crippen LogP contribution is -2.44. The van der Waals surface area contributed by atoms with Gasteiger partial charge in [-0.15, -0.1) is 10.2 Å². The highest BCUT2D eigenvalue weighted by atomic mass is 16.5. The first-order valence-corrected chi connectivity index (χ1v) is 7.47. The van der Waals surface area contributed by atoms with E-state index in [4.69, 9.17) is 4.74 Å². The average molecular weight is 296 g/mol. The number of aryl methyl sites for hydroxylation is 1. The Morgan fingerprint density at radius 1 is 1.43 bits per heavy atom. The summed E-state index contributed by atoms with van der Waals surface area (Å²) in [7, 11) is 3.65. The zero-order valence-electron chi connectivity index (χ0n) is 13.8. The smallest absolute Gasteiger partial charge is 0.191 e. The lowest BCUT2D eigenvalue weighted by molar-refractivity contribution is 0.179. The number of aromatic nitrogens is 3. The van der Waals surface area contributed by atoms with Gasteiger partial charge in [0.25, 0.3) is 0 Å². The summed E-state index contributed by atoms with van der Waals surface area (Å²) < 4.78 is 7.09. The van der Waals surface area contributed by atoms with Crippen molar-refractivity contribution in [1.82, 2.24) is 25.4 Å². The van der Waals surface area contributed by atoms with Crippen LogP contribution < -0.4 is 10.6 Å². The molecule has 2 N–H and O–H groups in total. The van der Waals surface area contributed by atoms with Crippen molar-refractivity contribution >= 4 is 5.96 Å². The Labute approximate surface area is 127 Å². The number of hydrogen-bond donors (Lipinski definition) is 2. The van der Waals surface area contributed by atoms with Crippen LogP contribution >= 0.6 is 0 Å². The fourth-order valence-electron chi connectivity index (χ4n) is 1.80. The Hall–Kier alpha value is -1.63. The summed E-state index contributed by atoms with van der Waals surface area (Å²) in [5, 5.41) is 14.8. The maximum Gasteiger partial charge on any atom is 0.191 e. The lowest BCUT2D eigenvalue weighted by atomic mass is 10.3. The zero-order chi connectivity index (χ0) is 15.7. The minimum Gasteiger partial charge on any atom is -0.383 e. The molecule has 1 unspecified atom stereocenters. The molecule has 21 heavy (non-hydrogen) atoms. The van der Waals surface area contributed by atoms with E-state index in [1.54, 1.807) is 7.11 Å². The molecule has 0 spiro atoms. The molecule has 7 heteroatoms. The van der Waals surface area contributed by atoms with E-state index in [-0.39, 0.29) is 6.04 Å². The molecule has 0 bridgehead atoms. The average Bonchev–Trinajstić information content (AvgIpc) is 2.76. The van der Waals surface area contributed by atoms with Crippen LogP contribution in [0, 0.1) is 6.92 Å². The molecule has 0 saturated carbocycles. The summed E-state index contributed by atoms with van der Waals surface area (Å²) in [5.74, 6) is 2.53. The molecule has 0 aliphatic carbocycles. The van der Waals surface area contributed by atoms with E-state index >= 15 is 0 Å². The number of ether oxygens (including phenoxy) is 1. The number of unbranched alkanes of at least 4 members (excludes halogenated alkanes) is 1. The predicted molar refractivity (Wildman–Crippen MR) is 84.3 cm³/mol. The van der Waals surface area contributed by atoms with Gasteiger partial charge in [0.2, 0.25) is 0 Å².